The van der Waals surface area contributed by atoms with Crippen LogP contribution in [0.2, 0.25) is 0 Å². The summed E-state index contributed by atoms with van der Waals surface area (Å²) < 4.78 is 58.8. The zero-order valence-corrected chi connectivity index (χ0v) is 23.4. The summed E-state index contributed by atoms with van der Waals surface area (Å²) in [5, 5.41) is 2.35. The number of nitrogens with zero attached hydrogens (tertiary/aromatic N) is 4. The molecule has 3 amide bonds. The lowest BCUT2D eigenvalue weighted by atomic mass is 10.0. The number of fused-ring (bicyclic) bond motifs is 2. The van der Waals surface area contributed by atoms with Crippen LogP contribution in [0.5, 0.6) is 0 Å². The van der Waals surface area contributed by atoms with Crippen LogP contribution < -0.4 is 24.1 Å². The van der Waals surface area contributed by atoms with Gasteiger partial charge in [-0.2, -0.15) is 8.42 Å². The van der Waals surface area contributed by atoms with Crippen LogP contribution in [0.1, 0.15) is 11.1 Å². The molecular weight excluding hydrogens is 578 g/mol. The Bertz CT molecular complexity index is 1820. The van der Waals surface area contributed by atoms with Gasteiger partial charge in [-0.05, 0) is 53.9 Å². The molecule has 1 aliphatic rings. The Hall–Kier alpha value is -4.37. The number of anilines is 2. The van der Waals surface area contributed by atoms with Crippen molar-refractivity contribution in [3.63, 3.8) is 0 Å². The van der Waals surface area contributed by atoms with Crippen molar-refractivity contribution < 1.29 is 26.8 Å². The minimum atomic E-state index is -4.40. The second-order valence-electron chi connectivity index (χ2n) is 9.40. The van der Waals surface area contributed by atoms with Gasteiger partial charge in [0.25, 0.3) is 0 Å². The van der Waals surface area contributed by atoms with Gasteiger partial charge < -0.3 is 14.8 Å². The smallest absolute Gasteiger partial charge is 0.325 e. The molecule has 0 saturated heterocycles. The molecule has 0 aliphatic carbocycles. The zero-order chi connectivity index (χ0) is 29.5. The number of thiazole rings is 1. The summed E-state index contributed by atoms with van der Waals surface area (Å²) in [5.41, 5.74) is 1.71. The van der Waals surface area contributed by atoms with Gasteiger partial charge in [0.2, 0.25) is 5.91 Å². The molecule has 0 saturated carbocycles. The predicted molar refractivity (Wildman–Crippen MR) is 150 cm³/mol. The van der Waals surface area contributed by atoms with Crippen molar-refractivity contribution in [3.05, 3.63) is 87.2 Å². The Morgan fingerprint density at radius 1 is 1.15 bits per heavy atom. The molecule has 1 atom stereocenters. The maximum Gasteiger partial charge on any atom is 0.330 e. The van der Waals surface area contributed by atoms with Gasteiger partial charge in [-0.25, -0.2) is 27.6 Å². The van der Waals surface area contributed by atoms with Crippen LogP contribution in [0.15, 0.2) is 59.5 Å². The minimum absolute atomic E-state index is 0.0609. The predicted octanol–water partition coefficient (Wildman–Crippen LogP) is 2.45. The number of nitrogens with one attached hydrogen (secondary N) is 2. The van der Waals surface area contributed by atoms with Crippen LogP contribution in [0, 0.1) is 11.6 Å². The van der Waals surface area contributed by atoms with Crippen molar-refractivity contribution in [2.45, 2.75) is 18.9 Å². The van der Waals surface area contributed by atoms with E-state index in [1.165, 1.54) is 22.7 Å². The van der Waals surface area contributed by atoms with Crippen LogP contribution in [0.4, 0.5) is 25.1 Å². The third kappa shape index (κ3) is 5.76. The van der Waals surface area contributed by atoms with Crippen LogP contribution in [0.25, 0.3) is 10.2 Å². The van der Waals surface area contributed by atoms with E-state index in [0.717, 1.165) is 27.8 Å². The Labute approximate surface area is 237 Å². The van der Waals surface area contributed by atoms with Gasteiger partial charge >= 0.3 is 21.1 Å². The number of likely N-dealkylation sites (N-methyl/N-ethyl adjacent to an activating group) is 1. The second kappa shape index (κ2) is 10.9. The minimum Gasteiger partial charge on any atom is -0.325 e. The van der Waals surface area contributed by atoms with E-state index in [-0.39, 0.29) is 29.2 Å². The molecule has 0 unspecified atom stereocenters. The highest BCUT2D eigenvalue weighted by Crippen LogP contribution is 2.27. The van der Waals surface area contributed by atoms with Gasteiger partial charge in [-0.1, -0.05) is 17.4 Å². The first-order valence-electron chi connectivity index (χ1n) is 12.3. The highest BCUT2D eigenvalue weighted by molar-refractivity contribution is 7.91. The number of aromatic nitrogens is 2. The molecule has 0 spiro atoms. The summed E-state index contributed by atoms with van der Waals surface area (Å²) in [5.74, 6) is -2.27. The fourth-order valence-electron chi connectivity index (χ4n) is 4.62. The van der Waals surface area contributed by atoms with E-state index in [4.69, 9.17) is 0 Å². The number of hydrogen-bond donors (Lipinski definition) is 2. The summed E-state index contributed by atoms with van der Waals surface area (Å²) in [6.45, 7) is 0.0657. The summed E-state index contributed by atoms with van der Waals surface area (Å²) in [7, 11) is -1.38. The Morgan fingerprint density at radius 2 is 1.88 bits per heavy atom. The average Bonchev–Trinajstić information content (AvgIpc) is 3.47. The van der Waals surface area contributed by atoms with Gasteiger partial charge in [0.15, 0.2) is 0 Å². The first kappa shape index (κ1) is 28.2. The normalized spacial score (nSPS) is 13.6. The van der Waals surface area contributed by atoms with Crippen molar-refractivity contribution in [1.82, 2.24) is 19.6 Å². The molecule has 0 bridgehead atoms. The number of pyridine rings is 1. The fraction of sp³-hybridized carbons (Fsp3) is 0.231. The third-order valence-corrected chi connectivity index (χ3v) is 9.05. The molecule has 0 radical (unpaired) electrons. The van der Waals surface area contributed by atoms with E-state index >= 15 is 0 Å². The quantitative estimate of drug-likeness (QED) is 0.334. The van der Waals surface area contributed by atoms with Crippen molar-refractivity contribution in [3.8, 4) is 0 Å². The van der Waals surface area contributed by atoms with Gasteiger partial charge in [0.1, 0.15) is 23.5 Å². The van der Waals surface area contributed by atoms with Crippen LogP contribution in [-0.4, -0.2) is 49.5 Å². The highest BCUT2D eigenvalue weighted by atomic mass is 32.2. The first-order valence-corrected chi connectivity index (χ1v) is 14.6. The fourth-order valence-corrected chi connectivity index (χ4v) is 6.61. The van der Waals surface area contributed by atoms with Crippen molar-refractivity contribution in [1.29, 1.82) is 0 Å². The number of amides is 3. The number of urea groups is 1. The molecule has 1 aliphatic heterocycles. The van der Waals surface area contributed by atoms with Crippen LogP contribution >= 0.6 is 11.3 Å². The topological polar surface area (TPSA) is 134 Å². The Morgan fingerprint density at radius 3 is 2.61 bits per heavy atom. The molecule has 0 fully saturated rings. The molecular formula is C26H24F2N6O5S2. The van der Waals surface area contributed by atoms with Crippen molar-refractivity contribution in [2.24, 2.45) is 7.05 Å². The number of carbonyl (C=O) groups excluding carboxylic acids is 2. The number of aryl methyl sites for hydroxylation is 1. The van der Waals surface area contributed by atoms with Gasteiger partial charge in [0, 0.05) is 45.0 Å². The van der Waals surface area contributed by atoms with E-state index in [9.17, 15) is 31.6 Å². The molecule has 5 rings (SSSR count). The van der Waals surface area contributed by atoms with Gasteiger partial charge in [0.05, 0.1) is 10.2 Å². The van der Waals surface area contributed by atoms with Gasteiger partial charge in [-0.15, -0.1) is 0 Å². The van der Waals surface area contributed by atoms with E-state index in [2.05, 4.69) is 10.3 Å². The maximum atomic E-state index is 13.9. The monoisotopic (exact) mass is 602 g/mol. The summed E-state index contributed by atoms with van der Waals surface area (Å²) in [6.07, 6.45) is 1.49. The Kier molecular flexibility index (Phi) is 7.48. The molecule has 15 heteroatoms. The molecule has 2 aromatic heterocycles. The lowest BCUT2D eigenvalue weighted by Gasteiger charge is -2.26. The molecule has 214 valence electrons. The van der Waals surface area contributed by atoms with E-state index in [0.29, 0.717) is 34.0 Å². The van der Waals surface area contributed by atoms with Crippen LogP contribution in [0.3, 0.4) is 0 Å². The summed E-state index contributed by atoms with van der Waals surface area (Å²) in [6, 6.07) is 8.35. The van der Waals surface area contributed by atoms with Crippen molar-refractivity contribution >= 4 is 55.2 Å². The highest BCUT2D eigenvalue weighted by Gasteiger charge is 2.33. The number of hydrogen-bond acceptors (Lipinski definition) is 7. The number of carbonyl (C=O) groups is 2. The van der Waals surface area contributed by atoms with E-state index in [1.807, 2.05) is 4.72 Å². The molecule has 2 N–H and O–H groups in total. The average molecular weight is 603 g/mol. The number of halogens is 2. The molecule has 4 aromatic rings. The first-order chi connectivity index (χ1) is 19.4. The van der Waals surface area contributed by atoms with Crippen molar-refractivity contribution in [2.75, 3.05) is 22.8 Å². The zero-order valence-electron chi connectivity index (χ0n) is 21.8. The van der Waals surface area contributed by atoms with E-state index < -0.39 is 39.8 Å². The number of benzene rings is 2. The molecule has 2 aromatic carbocycles. The van der Waals surface area contributed by atoms with E-state index in [1.54, 1.807) is 37.4 Å². The van der Waals surface area contributed by atoms with Gasteiger partial charge in [-0.3, -0.25) is 9.59 Å². The number of rotatable bonds is 7. The van der Waals surface area contributed by atoms with Crippen LogP contribution in [-0.2, 0) is 34.9 Å². The SMILES string of the molecule is CN(C(=O)[C@H](Cc1cc(F)cc(F)c1)NC(=O)NS(=O)(=O)N1CCc2cccnc21)c1ccc2sc(=O)n(C)c2c1. The Balaban J connectivity index is 1.40. The lowest BCUT2D eigenvalue weighted by Crippen LogP contribution is -2.54. The second-order valence-corrected chi connectivity index (χ2v) is 12.0. The molecule has 11 nitrogen and oxygen atoms in total. The standard InChI is InChI=1S/C26H24F2N6O5S2/c1-32(19-5-6-22-21(14-19)33(2)26(37)40-22)24(35)20(12-15-10-17(27)13-18(28)11-15)30-25(36)31-41(38,39)34-9-7-16-4-3-8-29-23(16)34/h3-6,8,10-11,13-14,20H,7,9,12H2,1-2H3,(H2,30,31,36)/t20-/m0/s1. The lowest BCUT2D eigenvalue weighted by molar-refractivity contribution is -0.120. The maximum absolute atomic E-state index is 13.9. The summed E-state index contributed by atoms with van der Waals surface area (Å²) >= 11 is 1.04. The third-order valence-electron chi connectivity index (χ3n) is 6.66. The summed E-state index contributed by atoms with van der Waals surface area (Å²) in [4.78, 5) is 43.7. The molecule has 41 heavy (non-hydrogen) atoms. The largest absolute Gasteiger partial charge is 0.330 e. The molecule has 3 heterocycles.